The number of amides is 1. The summed E-state index contributed by atoms with van der Waals surface area (Å²) in [4.78, 5) is 13.4. The van der Waals surface area contributed by atoms with E-state index in [4.69, 9.17) is 0 Å². The Bertz CT molecular complexity index is 1390. The molecule has 1 amide bonds. The molecule has 3 aromatic rings. The quantitative estimate of drug-likeness (QED) is 0.383. The molecular weight excluding hydrogens is 531 g/mol. The molecule has 4 rings (SSSR count). The summed E-state index contributed by atoms with van der Waals surface area (Å²) in [5.41, 5.74) is 1.17. The van der Waals surface area contributed by atoms with Crippen molar-refractivity contribution in [1.29, 1.82) is 0 Å². The van der Waals surface area contributed by atoms with Crippen molar-refractivity contribution >= 4 is 37.7 Å². The van der Waals surface area contributed by atoms with Gasteiger partial charge in [-0.15, -0.1) is 0 Å². The van der Waals surface area contributed by atoms with Crippen LogP contribution in [0.4, 0.5) is 0 Å². The molecule has 0 radical (unpaired) electrons. The van der Waals surface area contributed by atoms with Crippen LogP contribution in [0.15, 0.2) is 101 Å². The van der Waals surface area contributed by atoms with Crippen LogP contribution in [0, 0.1) is 0 Å². The van der Waals surface area contributed by atoms with Crippen molar-refractivity contribution in [3.05, 3.63) is 96.6 Å². The highest BCUT2D eigenvalue weighted by Crippen LogP contribution is 2.25. The Labute approximate surface area is 222 Å². The number of rotatable bonds is 10. The van der Waals surface area contributed by atoms with Crippen LogP contribution in [-0.2, 0) is 30.6 Å². The molecule has 0 unspecified atom stereocenters. The van der Waals surface area contributed by atoms with Gasteiger partial charge in [0.05, 0.1) is 9.79 Å². The first-order chi connectivity index (χ1) is 17.8. The number of benzene rings is 3. The van der Waals surface area contributed by atoms with Crippen molar-refractivity contribution in [2.75, 3.05) is 31.9 Å². The molecule has 3 aromatic carbocycles. The highest BCUT2D eigenvalue weighted by Gasteiger charge is 2.43. The number of nitrogens with one attached hydrogen (secondary N) is 1. The molecule has 0 spiro atoms. The lowest BCUT2D eigenvalue weighted by Gasteiger charge is -2.38. The summed E-state index contributed by atoms with van der Waals surface area (Å²) < 4.78 is 55.7. The molecule has 0 aliphatic carbocycles. The van der Waals surface area contributed by atoms with Crippen LogP contribution in [0.3, 0.4) is 0 Å². The molecule has 1 heterocycles. The predicted octanol–water partition coefficient (Wildman–Crippen LogP) is 2.80. The summed E-state index contributed by atoms with van der Waals surface area (Å²) in [6.07, 6.45) is 0. The van der Waals surface area contributed by atoms with Gasteiger partial charge in [-0.1, -0.05) is 66.7 Å². The van der Waals surface area contributed by atoms with Crippen LogP contribution in [0.1, 0.15) is 5.56 Å². The van der Waals surface area contributed by atoms with Gasteiger partial charge in [-0.2, -0.15) is 20.4 Å². The third-order valence-corrected chi connectivity index (χ3v) is 10.8. The molecule has 8 nitrogen and oxygen atoms in total. The minimum Gasteiger partial charge on any atom is -0.354 e. The van der Waals surface area contributed by atoms with E-state index < -0.39 is 32.0 Å². The Balaban J connectivity index is 1.49. The molecule has 1 atom stereocenters. The summed E-state index contributed by atoms with van der Waals surface area (Å²) in [7, 11) is -7.91. The Morgan fingerprint density at radius 1 is 0.784 bits per heavy atom. The number of nitrogens with zero attached hydrogens (tertiary/aromatic N) is 2. The van der Waals surface area contributed by atoms with Crippen LogP contribution < -0.4 is 5.32 Å². The number of hydrogen-bond acceptors (Lipinski definition) is 6. The number of thioether (sulfide) groups is 1. The molecule has 0 bridgehead atoms. The van der Waals surface area contributed by atoms with Gasteiger partial charge >= 0.3 is 0 Å². The number of hydrogen-bond donors (Lipinski definition) is 1. The standard InChI is InChI=1S/C26H29N3O5S3/c30-26(27-16-19-35-21-22-10-4-1-5-11-22)25-20-28(36(31,32)23-12-6-2-7-13-23)17-18-29(25)37(33,34)24-14-8-3-9-15-24/h1-15,25H,16-21H2,(H,27,30)/t25-/m0/s1. The molecular formula is C26H29N3O5S3. The van der Waals surface area contributed by atoms with E-state index in [0.717, 1.165) is 10.1 Å². The van der Waals surface area contributed by atoms with Crippen LogP contribution in [0.2, 0.25) is 0 Å². The zero-order chi connectivity index (χ0) is 26.3. The maximum atomic E-state index is 13.4. The number of carbonyl (C=O) groups excluding carboxylic acids is 1. The third kappa shape index (κ3) is 6.60. The Morgan fingerprint density at radius 2 is 1.32 bits per heavy atom. The van der Waals surface area contributed by atoms with Gasteiger partial charge in [0.15, 0.2) is 0 Å². The maximum absolute atomic E-state index is 13.4. The van der Waals surface area contributed by atoms with Crippen molar-refractivity contribution in [3.8, 4) is 0 Å². The summed E-state index contributed by atoms with van der Waals surface area (Å²) in [6, 6.07) is 24.6. The summed E-state index contributed by atoms with van der Waals surface area (Å²) in [6.45, 7) is -0.131. The lowest BCUT2D eigenvalue weighted by Crippen LogP contribution is -2.61. The largest absolute Gasteiger partial charge is 0.354 e. The van der Waals surface area contributed by atoms with E-state index in [9.17, 15) is 21.6 Å². The molecule has 1 N–H and O–H groups in total. The highest BCUT2D eigenvalue weighted by atomic mass is 32.2. The lowest BCUT2D eigenvalue weighted by molar-refractivity contribution is -0.125. The van der Waals surface area contributed by atoms with Crippen molar-refractivity contribution < 1.29 is 21.6 Å². The molecule has 196 valence electrons. The van der Waals surface area contributed by atoms with Crippen LogP contribution >= 0.6 is 11.8 Å². The van der Waals surface area contributed by atoms with Crippen molar-refractivity contribution in [1.82, 2.24) is 13.9 Å². The first-order valence-corrected chi connectivity index (χ1v) is 15.8. The molecule has 37 heavy (non-hydrogen) atoms. The second-order valence-electron chi connectivity index (χ2n) is 8.45. The molecule has 0 saturated carbocycles. The van der Waals surface area contributed by atoms with Gasteiger partial charge in [0, 0.05) is 37.7 Å². The first kappa shape index (κ1) is 27.3. The molecule has 11 heteroatoms. The molecule has 1 aliphatic rings. The van der Waals surface area contributed by atoms with Crippen LogP contribution in [0.25, 0.3) is 0 Å². The topological polar surface area (TPSA) is 104 Å². The SMILES string of the molecule is O=C(NCCSCc1ccccc1)[C@@H]1CN(S(=O)(=O)c2ccccc2)CCN1S(=O)(=O)c1ccccc1. The van der Waals surface area contributed by atoms with Gasteiger partial charge in [-0.25, -0.2) is 16.8 Å². The fourth-order valence-electron chi connectivity index (χ4n) is 4.06. The fourth-order valence-corrected chi connectivity index (χ4v) is 7.93. The summed E-state index contributed by atoms with van der Waals surface area (Å²) in [5.74, 6) is 0.899. The second kappa shape index (κ2) is 12.2. The van der Waals surface area contributed by atoms with E-state index >= 15 is 0 Å². The number of carbonyl (C=O) groups is 1. The zero-order valence-electron chi connectivity index (χ0n) is 20.1. The van der Waals surface area contributed by atoms with Gasteiger partial charge in [0.2, 0.25) is 26.0 Å². The van der Waals surface area contributed by atoms with E-state index in [1.54, 1.807) is 48.2 Å². The van der Waals surface area contributed by atoms with Gasteiger partial charge in [-0.3, -0.25) is 4.79 Å². The average molecular weight is 560 g/mol. The monoisotopic (exact) mass is 559 g/mol. The lowest BCUT2D eigenvalue weighted by atomic mass is 10.2. The minimum absolute atomic E-state index is 0.0556. The van der Waals surface area contributed by atoms with Crippen molar-refractivity contribution in [2.45, 2.75) is 21.6 Å². The van der Waals surface area contributed by atoms with E-state index in [2.05, 4.69) is 5.32 Å². The molecule has 0 aromatic heterocycles. The summed E-state index contributed by atoms with van der Waals surface area (Å²) in [5, 5.41) is 2.82. The maximum Gasteiger partial charge on any atom is 0.243 e. The summed E-state index contributed by atoms with van der Waals surface area (Å²) >= 11 is 1.65. The van der Waals surface area contributed by atoms with Gasteiger partial charge < -0.3 is 5.32 Å². The van der Waals surface area contributed by atoms with Crippen molar-refractivity contribution in [2.24, 2.45) is 0 Å². The fraction of sp³-hybridized carbons (Fsp3) is 0.269. The third-order valence-electron chi connectivity index (χ3n) is 5.98. The second-order valence-corrected chi connectivity index (χ2v) is 13.4. The van der Waals surface area contributed by atoms with E-state index in [1.165, 1.54) is 34.1 Å². The van der Waals surface area contributed by atoms with Crippen LogP contribution in [0.5, 0.6) is 0 Å². The molecule has 1 saturated heterocycles. The van der Waals surface area contributed by atoms with Gasteiger partial charge in [-0.05, 0) is 29.8 Å². The van der Waals surface area contributed by atoms with E-state index in [-0.39, 0.29) is 29.4 Å². The Hall–Kier alpha value is -2.70. The zero-order valence-corrected chi connectivity index (χ0v) is 22.6. The highest BCUT2D eigenvalue weighted by molar-refractivity contribution is 7.98. The minimum atomic E-state index is -4.02. The number of piperazine rings is 1. The Morgan fingerprint density at radius 3 is 1.92 bits per heavy atom. The van der Waals surface area contributed by atoms with E-state index in [1.807, 2.05) is 30.3 Å². The van der Waals surface area contributed by atoms with Crippen molar-refractivity contribution in [3.63, 3.8) is 0 Å². The Kier molecular flexibility index (Phi) is 9.04. The normalized spacial score (nSPS) is 17.4. The smallest absolute Gasteiger partial charge is 0.243 e. The first-order valence-electron chi connectivity index (χ1n) is 11.8. The predicted molar refractivity (Wildman–Crippen MR) is 145 cm³/mol. The van der Waals surface area contributed by atoms with E-state index in [0.29, 0.717) is 12.3 Å². The van der Waals surface area contributed by atoms with Crippen LogP contribution in [-0.4, -0.2) is 69.3 Å². The van der Waals surface area contributed by atoms with Gasteiger partial charge in [0.25, 0.3) is 0 Å². The average Bonchev–Trinajstić information content (AvgIpc) is 2.94. The van der Waals surface area contributed by atoms with Gasteiger partial charge in [0.1, 0.15) is 6.04 Å². The molecule has 1 aliphatic heterocycles. The molecule has 1 fully saturated rings. The number of sulfonamides is 2.